The van der Waals surface area contributed by atoms with Gasteiger partial charge in [-0.1, -0.05) is 11.8 Å². The second-order valence-corrected chi connectivity index (χ2v) is 5.83. The molecule has 0 radical (unpaired) electrons. The van der Waals surface area contributed by atoms with Crippen LogP contribution < -0.4 is 5.73 Å². The third-order valence-electron chi connectivity index (χ3n) is 3.38. The van der Waals surface area contributed by atoms with Gasteiger partial charge >= 0.3 is 0 Å². The highest BCUT2D eigenvalue weighted by atomic mass is 32.1. The summed E-state index contributed by atoms with van der Waals surface area (Å²) in [4.78, 5) is 18.2. The number of rotatable bonds is 1. The average molecular weight is 277 g/mol. The van der Waals surface area contributed by atoms with E-state index in [1.807, 2.05) is 17.0 Å². The number of carbonyl (C=O) groups is 1. The van der Waals surface area contributed by atoms with Crippen molar-refractivity contribution in [3.63, 3.8) is 0 Å². The first kappa shape index (κ1) is 14.1. The molecule has 19 heavy (non-hydrogen) atoms. The van der Waals surface area contributed by atoms with Crippen LogP contribution in [0.3, 0.4) is 0 Å². The number of amides is 1. The van der Waals surface area contributed by atoms with Gasteiger partial charge in [0, 0.05) is 25.7 Å². The fraction of sp³-hybridized carbons (Fsp3) is 0.500. The molecule has 1 aliphatic rings. The van der Waals surface area contributed by atoms with Crippen LogP contribution in [-0.2, 0) is 0 Å². The third kappa shape index (κ3) is 3.35. The zero-order chi connectivity index (χ0) is 13.8. The Bertz CT molecular complexity index is 514. The standard InChI is InChI=1S/C14H19N3OS/c1-11-10-17(9-8-16(11)2)14(18)13-6-5-12(19-13)4-3-7-15/h5-6,11H,7-10,15H2,1-2H3. The second kappa shape index (κ2) is 6.20. The van der Waals surface area contributed by atoms with Gasteiger partial charge in [-0.25, -0.2) is 0 Å². The summed E-state index contributed by atoms with van der Waals surface area (Å²) in [5, 5.41) is 0. The highest BCUT2D eigenvalue weighted by Gasteiger charge is 2.25. The van der Waals surface area contributed by atoms with Crippen molar-refractivity contribution in [3.8, 4) is 11.8 Å². The molecule has 102 valence electrons. The number of carbonyl (C=O) groups excluding carboxylic acids is 1. The van der Waals surface area contributed by atoms with Crippen LogP contribution in [-0.4, -0.2) is 55.0 Å². The minimum absolute atomic E-state index is 0.116. The summed E-state index contributed by atoms with van der Waals surface area (Å²) in [6, 6.07) is 4.16. The van der Waals surface area contributed by atoms with Crippen LogP contribution >= 0.6 is 11.3 Å². The fourth-order valence-corrected chi connectivity index (χ4v) is 2.90. The van der Waals surface area contributed by atoms with Gasteiger partial charge in [0.15, 0.2) is 0 Å². The summed E-state index contributed by atoms with van der Waals surface area (Å²) in [5.41, 5.74) is 5.34. The molecule has 1 aromatic rings. The minimum atomic E-state index is 0.116. The van der Waals surface area contributed by atoms with Crippen LogP contribution in [0.1, 0.15) is 21.5 Å². The summed E-state index contributed by atoms with van der Waals surface area (Å²) in [6.07, 6.45) is 0. The molecule has 4 nitrogen and oxygen atoms in total. The van der Waals surface area contributed by atoms with Crippen LogP contribution in [0.4, 0.5) is 0 Å². The van der Waals surface area contributed by atoms with Gasteiger partial charge in [-0.2, -0.15) is 0 Å². The van der Waals surface area contributed by atoms with Crippen molar-refractivity contribution in [3.05, 3.63) is 21.9 Å². The SMILES string of the molecule is CC1CN(C(=O)c2ccc(C#CCN)s2)CCN1C. The number of nitrogens with zero attached hydrogens (tertiary/aromatic N) is 2. The molecule has 1 aromatic heterocycles. The summed E-state index contributed by atoms with van der Waals surface area (Å²) in [5.74, 6) is 5.89. The molecular weight excluding hydrogens is 258 g/mol. The average Bonchev–Trinajstić information content (AvgIpc) is 2.87. The Labute approximate surface area is 118 Å². The number of nitrogens with two attached hydrogens (primary N) is 1. The molecule has 1 fully saturated rings. The van der Waals surface area contributed by atoms with Crippen molar-refractivity contribution in [1.29, 1.82) is 0 Å². The van der Waals surface area contributed by atoms with E-state index in [1.54, 1.807) is 0 Å². The van der Waals surface area contributed by atoms with Crippen LogP contribution in [0.5, 0.6) is 0 Å². The maximum absolute atomic E-state index is 12.4. The Kier molecular flexibility index (Phi) is 4.59. The van der Waals surface area contributed by atoms with E-state index in [1.165, 1.54) is 11.3 Å². The van der Waals surface area contributed by atoms with E-state index in [2.05, 4.69) is 30.7 Å². The van der Waals surface area contributed by atoms with Crippen molar-refractivity contribution in [2.45, 2.75) is 13.0 Å². The van der Waals surface area contributed by atoms with E-state index < -0.39 is 0 Å². The Hall–Kier alpha value is -1.35. The van der Waals surface area contributed by atoms with Gasteiger partial charge in [0.05, 0.1) is 16.3 Å². The Morgan fingerprint density at radius 1 is 1.53 bits per heavy atom. The van der Waals surface area contributed by atoms with Crippen LogP contribution in [0.25, 0.3) is 0 Å². The lowest BCUT2D eigenvalue weighted by Crippen LogP contribution is -2.51. The minimum Gasteiger partial charge on any atom is -0.335 e. The molecule has 1 atom stereocenters. The van der Waals surface area contributed by atoms with Crippen LogP contribution in [0.15, 0.2) is 12.1 Å². The van der Waals surface area contributed by atoms with Crippen molar-refractivity contribution in [1.82, 2.24) is 9.80 Å². The van der Waals surface area contributed by atoms with Gasteiger partial charge in [0.25, 0.3) is 5.91 Å². The first-order chi connectivity index (χ1) is 9.11. The Morgan fingerprint density at radius 3 is 3.00 bits per heavy atom. The van der Waals surface area contributed by atoms with Crippen LogP contribution in [0, 0.1) is 11.8 Å². The van der Waals surface area contributed by atoms with Gasteiger partial charge in [-0.15, -0.1) is 11.3 Å². The summed E-state index contributed by atoms with van der Waals surface area (Å²) < 4.78 is 0. The molecule has 0 spiro atoms. The number of likely N-dealkylation sites (N-methyl/N-ethyl adjacent to an activating group) is 1. The molecule has 0 saturated carbocycles. The molecule has 2 rings (SSSR count). The lowest BCUT2D eigenvalue weighted by Gasteiger charge is -2.37. The molecular formula is C14H19N3OS. The molecule has 0 bridgehead atoms. The molecule has 0 aliphatic carbocycles. The molecule has 1 saturated heterocycles. The van der Waals surface area contributed by atoms with Crippen molar-refractivity contribution in [2.24, 2.45) is 5.73 Å². The number of piperazine rings is 1. The number of hydrogen-bond acceptors (Lipinski definition) is 4. The van der Waals surface area contributed by atoms with E-state index in [-0.39, 0.29) is 5.91 Å². The molecule has 2 heterocycles. The zero-order valence-electron chi connectivity index (χ0n) is 11.3. The predicted molar refractivity (Wildman–Crippen MR) is 78.2 cm³/mol. The zero-order valence-corrected chi connectivity index (χ0v) is 12.2. The van der Waals surface area contributed by atoms with E-state index >= 15 is 0 Å². The lowest BCUT2D eigenvalue weighted by atomic mass is 10.2. The number of hydrogen-bond donors (Lipinski definition) is 1. The lowest BCUT2D eigenvalue weighted by molar-refractivity contribution is 0.0577. The normalized spacial score (nSPS) is 19.9. The van der Waals surface area contributed by atoms with Gasteiger partial charge in [-0.05, 0) is 26.1 Å². The maximum atomic E-state index is 12.4. The Morgan fingerprint density at radius 2 is 2.32 bits per heavy atom. The quantitative estimate of drug-likeness (QED) is 0.774. The topological polar surface area (TPSA) is 49.6 Å². The molecule has 2 N–H and O–H groups in total. The van der Waals surface area contributed by atoms with Crippen molar-refractivity contribution in [2.75, 3.05) is 33.2 Å². The van der Waals surface area contributed by atoms with E-state index in [0.717, 1.165) is 29.4 Å². The van der Waals surface area contributed by atoms with Gasteiger partial charge in [0.1, 0.15) is 0 Å². The highest BCUT2D eigenvalue weighted by Crippen LogP contribution is 2.19. The first-order valence-corrected chi connectivity index (χ1v) is 7.21. The van der Waals surface area contributed by atoms with Crippen molar-refractivity contribution >= 4 is 17.2 Å². The van der Waals surface area contributed by atoms with Gasteiger partial charge in [0.2, 0.25) is 0 Å². The van der Waals surface area contributed by atoms with E-state index in [4.69, 9.17) is 5.73 Å². The van der Waals surface area contributed by atoms with Crippen molar-refractivity contribution < 1.29 is 4.79 Å². The van der Waals surface area contributed by atoms with E-state index in [9.17, 15) is 4.79 Å². The second-order valence-electron chi connectivity index (χ2n) is 4.75. The maximum Gasteiger partial charge on any atom is 0.264 e. The molecule has 0 aromatic carbocycles. The smallest absolute Gasteiger partial charge is 0.264 e. The first-order valence-electron chi connectivity index (χ1n) is 6.40. The largest absolute Gasteiger partial charge is 0.335 e. The van der Waals surface area contributed by atoms with Gasteiger partial charge < -0.3 is 15.5 Å². The molecule has 1 amide bonds. The summed E-state index contributed by atoms with van der Waals surface area (Å²) in [6.45, 7) is 5.00. The van der Waals surface area contributed by atoms with Crippen LogP contribution in [0.2, 0.25) is 0 Å². The molecule has 5 heteroatoms. The van der Waals surface area contributed by atoms with Gasteiger partial charge in [-0.3, -0.25) is 4.79 Å². The third-order valence-corrected chi connectivity index (χ3v) is 4.37. The summed E-state index contributed by atoms with van der Waals surface area (Å²) in [7, 11) is 2.10. The summed E-state index contributed by atoms with van der Waals surface area (Å²) >= 11 is 1.44. The highest BCUT2D eigenvalue weighted by molar-refractivity contribution is 7.14. The monoisotopic (exact) mass is 277 g/mol. The Balaban J connectivity index is 2.05. The predicted octanol–water partition coefficient (Wildman–Crippen LogP) is 0.834. The van der Waals surface area contributed by atoms with E-state index in [0.29, 0.717) is 12.6 Å². The molecule has 1 aliphatic heterocycles. The number of thiophene rings is 1. The molecule has 1 unspecified atom stereocenters. The fourth-order valence-electron chi connectivity index (χ4n) is 2.05.